The maximum absolute atomic E-state index is 14.3. The van der Waals surface area contributed by atoms with Crippen LogP contribution in [0.25, 0.3) is 5.69 Å². The molecule has 33 heavy (non-hydrogen) atoms. The Kier molecular flexibility index (Phi) is 6.23. The molecular formula is C26H32FN5O. The molecule has 1 fully saturated rings. The predicted octanol–water partition coefficient (Wildman–Crippen LogP) is 5.41. The van der Waals surface area contributed by atoms with Gasteiger partial charge < -0.3 is 10.2 Å². The number of aryl methyl sites for hydroxylation is 2. The molecule has 0 saturated carbocycles. The number of carbonyl (C=O) groups is 1. The quantitative estimate of drug-likeness (QED) is 0.566. The zero-order valence-electron chi connectivity index (χ0n) is 20.0. The van der Waals surface area contributed by atoms with E-state index in [1.807, 2.05) is 51.1 Å². The van der Waals surface area contributed by atoms with Crippen molar-refractivity contribution in [3.8, 4) is 5.69 Å². The van der Waals surface area contributed by atoms with Gasteiger partial charge >= 0.3 is 0 Å². The Balaban J connectivity index is 1.44. The Morgan fingerprint density at radius 1 is 1.09 bits per heavy atom. The Morgan fingerprint density at radius 3 is 2.36 bits per heavy atom. The van der Waals surface area contributed by atoms with E-state index in [4.69, 9.17) is 0 Å². The van der Waals surface area contributed by atoms with Crippen LogP contribution in [0, 0.1) is 26.7 Å². The van der Waals surface area contributed by atoms with Crippen LogP contribution in [-0.2, 0) is 0 Å². The monoisotopic (exact) mass is 449 g/mol. The third-order valence-electron chi connectivity index (χ3n) is 6.61. The number of amides is 1. The van der Waals surface area contributed by atoms with Gasteiger partial charge in [0.05, 0.1) is 35.0 Å². The first-order valence-electron chi connectivity index (χ1n) is 11.5. The van der Waals surface area contributed by atoms with Crippen LogP contribution in [0.4, 0.5) is 15.9 Å². The molecule has 0 aliphatic carbocycles. The number of piperidine rings is 1. The lowest BCUT2D eigenvalue weighted by molar-refractivity contribution is 0.102. The number of nitrogens with zero attached hydrogens (tertiary/aromatic N) is 4. The average Bonchev–Trinajstić information content (AvgIpc) is 3.15. The molecule has 0 spiro atoms. The molecular weight excluding hydrogens is 417 g/mol. The molecule has 4 rings (SSSR count). The van der Waals surface area contributed by atoms with Gasteiger partial charge in [-0.2, -0.15) is 5.10 Å². The zero-order valence-corrected chi connectivity index (χ0v) is 20.0. The van der Waals surface area contributed by atoms with Crippen molar-refractivity contribution in [1.82, 2.24) is 14.8 Å². The number of nitrogens with one attached hydrogen (secondary N) is 1. The first-order chi connectivity index (χ1) is 15.6. The summed E-state index contributed by atoms with van der Waals surface area (Å²) < 4.78 is 16.0. The molecule has 1 N–H and O–H groups in total. The Bertz CT molecular complexity index is 1140. The summed E-state index contributed by atoms with van der Waals surface area (Å²) >= 11 is 0. The van der Waals surface area contributed by atoms with Gasteiger partial charge in [-0.05, 0) is 77.1 Å². The minimum atomic E-state index is -1.14. The van der Waals surface area contributed by atoms with E-state index >= 15 is 0 Å². The van der Waals surface area contributed by atoms with Crippen LogP contribution >= 0.6 is 0 Å². The smallest absolute Gasteiger partial charge is 0.259 e. The number of benzene rings is 1. The summed E-state index contributed by atoms with van der Waals surface area (Å²) in [6, 6.07) is 9.95. The molecule has 7 heteroatoms. The lowest BCUT2D eigenvalue weighted by Gasteiger charge is -2.37. The fourth-order valence-corrected chi connectivity index (χ4v) is 4.52. The zero-order chi connectivity index (χ0) is 23.8. The second kappa shape index (κ2) is 8.96. The Morgan fingerprint density at radius 2 is 1.76 bits per heavy atom. The van der Waals surface area contributed by atoms with Crippen molar-refractivity contribution in [2.45, 2.75) is 53.1 Å². The Labute approximate surface area is 194 Å². The van der Waals surface area contributed by atoms with Crippen LogP contribution < -0.4 is 10.2 Å². The molecule has 1 amide bonds. The van der Waals surface area contributed by atoms with Gasteiger partial charge in [0, 0.05) is 13.1 Å². The summed E-state index contributed by atoms with van der Waals surface area (Å²) in [5, 5.41) is 7.35. The molecule has 1 saturated heterocycles. The number of rotatable bonds is 5. The summed E-state index contributed by atoms with van der Waals surface area (Å²) in [4.78, 5) is 19.7. The van der Waals surface area contributed by atoms with Gasteiger partial charge in [0.1, 0.15) is 11.5 Å². The van der Waals surface area contributed by atoms with E-state index in [2.05, 4.69) is 20.3 Å². The molecule has 0 atom stereocenters. The number of carbonyl (C=O) groups excluding carboxylic acids is 1. The molecule has 0 radical (unpaired) electrons. The van der Waals surface area contributed by atoms with Crippen molar-refractivity contribution in [3.63, 3.8) is 0 Å². The third kappa shape index (κ3) is 4.92. The SMILES string of the molecule is Cc1ccc(-n2ncc(C(=O)Nc3cnc(N4CCC(C(C)(C)F)CC4)c(C)c3)c2C)cc1. The first-order valence-corrected chi connectivity index (χ1v) is 11.5. The predicted molar refractivity (Wildman–Crippen MR) is 130 cm³/mol. The summed E-state index contributed by atoms with van der Waals surface area (Å²) in [5.74, 6) is 0.758. The Hall–Kier alpha value is -3.22. The summed E-state index contributed by atoms with van der Waals surface area (Å²) in [7, 11) is 0. The number of anilines is 2. The van der Waals surface area contributed by atoms with Gasteiger partial charge in [-0.3, -0.25) is 4.79 Å². The number of hydrogen-bond donors (Lipinski definition) is 1. The van der Waals surface area contributed by atoms with Crippen LogP contribution in [0.5, 0.6) is 0 Å². The van der Waals surface area contributed by atoms with Crippen LogP contribution in [0.1, 0.15) is 53.9 Å². The highest BCUT2D eigenvalue weighted by Crippen LogP contribution is 2.33. The van der Waals surface area contributed by atoms with E-state index in [-0.39, 0.29) is 11.8 Å². The van der Waals surface area contributed by atoms with Gasteiger partial charge in [0.2, 0.25) is 0 Å². The van der Waals surface area contributed by atoms with E-state index in [1.54, 1.807) is 30.9 Å². The van der Waals surface area contributed by atoms with Crippen molar-refractivity contribution in [2.24, 2.45) is 5.92 Å². The van der Waals surface area contributed by atoms with Crippen molar-refractivity contribution >= 4 is 17.4 Å². The number of alkyl halides is 1. The first kappa shape index (κ1) is 23.0. The molecule has 1 aliphatic rings. The summed E-state index contributed by atoms with van der Waals surface area (Å²) in [5.41, 5.74) is 3.86. The number of pyridine rings is 1. The van der Waals surface area contributed by atoms with Crippen molar-refractivity contribution in [3.05, 3.63) is 65.1 Å². The second-order valence-electron chi connectivity index (χ2n) is 9.54. The molecule has 6 nitrogen and oxygen atoms in total. The topological polar surface area (TPSA) is 63.1 Å². The highest BCUT2D eigenvalue weighted by Gasteiger charge is 2.32. The molecule has 0 bridgehead atoms. The van der Waals surface area contributed by atoms with Gasteiger partial charge in [0.25, 0.3) is 5.91 Å². The van der Waals surface area contributed by atoms with E-state index in [0.29, 0.717) is 11.3 Å². The molecule has 0 unspecified atom stereocenters. The normalized spacial score (nSPS) is 15.0. The second-order valence-corrected chi connectivity index (χ2v) is 9.54. The molecule has 1 aliphatic heterocycles. The fourth-order valence-electron chi connectivity index (χ4n) is 4.52. The standard InChI is InChI=1S/C26H32FN5O/c1-17-6-8-22(9-7-17)32-19(3)23(16-29-32)25(33)30-21-14-18(2)24(28-15-21)31-12-10-20(11-13-31)26(4,5)27/h6-9,14-16,20H,10-13H2,1-5H3,(H,30,33). The van der Waals surface area contributed by atoms with Crippen molar-refractivity contribution in [2.75, 3.05) is 23.3 Å². The number of hydrogen-bond acceptors (Lipinski definition) is 4. The van der Waals surface area contributed by atoms with Crippen LogP contribution in [0.15, 0.2) is 42.7 Å². The molecule has 1 aromatic carbocycles. The van der Waals surface area contributed by atoms with Gasteiger partial charge in [0.15, 0.2) is 0 Å². The van der Waals surface area contributed by atoms with E-state index in [0.717, 1.165) is 48.7 Å². The average molecular weight is 450 g/mol. The molecule has 174 valence electrons. The molecule has 3 heterocycles. The molecule has 2 aromatic heterocycles. The highest BCUT2D eigenvalue weighted by molar-refractivity contribution is 6.05. The lowest BCUT2D eigenvalue weighted by Crippen LogP contribution is -2.40. The van der Waals surface area contributed by atoms with Crippen LogP contribution in [0.2, 0.25) is 0 Å². The maximum Gasteiger partial charge on any atom is 0.259 e. The largest absolute Gasteiger partial charge is 0.356 e. The van der Waals surface area contributed by atoms with Gasteiger partial charge in [-0.1, -0.05) is 17.7 Å². The van der Waals surface area contributed by atoms with Crippen LogP contribution in [0.3, 0.4) is 0 Å². The fraction of sp³-hybridized carbons (Fsp3) is 0.423. The van der Waals surface area contributed by atoms with E-state index in [9.17, 15) is 9.18 Å². The third-order valence-corrected chi connectivity index (χ3v) is 6.61. The van der Waals surface area contributed by atoms with E-state index in [1.165, 1.54) is 5.56 Å². The summed E-state index contributed by atoms with van der Waals surface area (Å²) in [6.07, 6.45) is 4.90. The van der Waals surface area contributed by atoms with Crippen molar-refractivity contribution in [1.29, 1.82) is 0 Å². The highest BCUT2D eigenvalue weighted by atomic mass is 19.1. The van der Waals surface area contributed by atoms with Gasteiger partial charge in [-0.25, -0.2) is 14.1 Å². The minimum Gasteiger partial charge on any atom is -0.356 e. The van der Waals surface area contributed by atoms with Crippen molar-refractivity contribution < 1.29 is 9.18 Å². The number of halogens is 1. The van der Waals surface area contributed by atoms with E-state index < -0.39 is 5.67 Å². The number of aromatic nitrogens is 3. The summed E-state index contributed by atoms with van der Waals surface area (Å²) in [6.45, 7) is 10.8. The lowest BCUT2D eigenvalue weighted by atomic mass is 9.84. The molecule has 3 aromatic rings. The minimum absolute atomic E-state index is 0.0803. The maximum atomic E-state index is 14.3. The van der Waals surface area contributed by atoms with Gasteiger partial charge in [-0.15, -0.1) is 0 Å². The van der Waals surface area contributed by atoms with Crippen LogP contribution in [-0.4, -0.2) is 39.4 Å².